The monoisotopic (exact) mass is 609 g/mol. The SMILES string of the molecule is CC.CCC.CN(C)C.COc1cc2ncnc(Nc3cccc(C)c3I)c2cc1N1CCOC1=O. The number of rotatable bonds is 4. The van der Waals surface area contributed by atoms with Crippen LogP contribution in [-0.4, -0.2) is 62.4 Å². The zero-order valence-electron chi connectivity index (χ0n) is 23.0. The molecule has 0 unspecified atom stereocenters. The number of carbonyl (C=O) groups excluding carboxylic acids is 1. The molecule has 0 saturated carbocycles. The summed E-state index contributed by atoms with van der Waals surface area (Å²) in [4.78, 5) is 24.4. The van der Waals surface area contributed by atoms with Gasteiger partial charge in [0.05, 0.1) is 30.5 Å². The maximum absolute atomic E-state index is 12.0. The van der Waals surface area contributed by atoms with Gasteiger partial charge < -0.3 is 19.7 Å². The van der Waals surface area contributed by atoms with Crippen molar-refractivity contribution in [2.45, 2.75) is 41.0 Å². The summed E-state index contributed by atoms with van der Waals surface area (Å²) in [6, 6.07) is 9.74. The number of fused-ring (bicyclic) bond motifs is 1. The van der Waals surface area contributed by atoms with Crippen LogP contribution in [0.1, 0.15) is 39.7 Å². The first kappa shape index (κ1) is 31.4. The second-order valence-electron chi connectivity index (χ2n) is 8.14. The van der Waals surface area contributed by atoms with Gasteiger partial charge in [-0.25, -0.2) is 14.8 Å². The van der Waals surface area contributed by atoms with E-state index in [9.17, 15) is 4.79 Å². The number of halogens is 1. The molecule has 0 bridgehead atoms. The molecule has 0 aliphatic carbocycles. The fourth-order valence-electron chi connectivity index (χ4n) is 3.03. The number of benzene rings is 2. The number of hydrogen-bond acceptors (Lipinski definition) is 7. The van der Waals surface area contributed by atoms with Crippen molar-refractivity contribution in [1.29, 1.82) is 0 Å². The molecule has 2 heterocycles. The molecule has 1 aromatic heterocycles. The summed E-state index contributed by atoms with van der Waals surface area (Å²) in [5, 5.41) is 4.18. The molecule has 1 saturated heterocycles. The number of carbonyl (C=O) groups is 1. The Morgan fingerprint density at radius 1 is 1.17 bits per heavy atom. The van der Waals surface area contributed by atoms with Gasteiger partial charge >= 0.3 is 6.09 Å². The molecule has 1 amide bonds. The fraction of sp³-hybridized carbons (Fsp3) is 0.444. The van der Waals surface area contributed by atoms with Crippen LogP contribution in [0.25, 0.3) is 10.9 Å². The topological polar surface area (TPSA) is 79.8 Å². The van der Waals surface area contributed by atoms with Crippen LogP contribution in [0.2, 0.25) is 0 Å². The van der Waals surface area contributed by atoms with Crippen LogP contribution in [0.4, 0.5) is 22.0 Å². The fourth-order valence-corrected chi connectivity index (χ4v) is 3.52. The second kappa shape index (κ2) is 16.2. The first-order valence-corrected chi connectivity index (χ1v) is 13.2. The van der Waals surface area contributed by atoms with Crippen molar-refractivity contribution in [3.8, 4) is 5.75 Å². The number of ether oxygens (including phenoxy) is 2. The molecule has 1 N–H and O–H groups in total. The molecule has 1 fully saturated rings. The molecule has 1 aliphatic heterocycles. The van der Waals surface area contributed by atoms with Gasteiger partial charge in [0.2, 0.25) is 0 Å². The highest BCUT2D eigenvalue weighted by Gasteiger charge is 2.27. The quantitative estimate of drug-likeness (QED) is 0.324. The molecule has 0 spiro atoms. The van der Waals surface area contributed by atoms with Crippen molar-refractivity contribution in [1.82, 2.24) is 14.9 Å². The van der Waals surface area contributed by atoms with Gasteiger partial charge in [0.25, 0.3) is 0 Å². The largest absolute Gasteiger partial charge is 0.494 e. The lowest BCUT2D eigenvalue weighted by Gasteiger charge is -2.18. The van der Waals surface area contributed by atoms with E-state index in [1.807, 2.05) is 64.2 Å². The van der Waals surface area contributed by atoms with Crippen molar-refractivity contribution >= 4 is 56.8 Å². The van der Waals surface area contributed by atoms with Crippen molar-refractivity contribution in [3.05, 3.63) is 45.8 Å². The summed E-state index contributed by atoms with van der Waals surface area (Å²) in [5.74, 6) is 1.23. The number of aryl methyl sites for hydroxylation is 1. The Hall–Kier alpha value is -2.66. The van der Waals surface area contributed by atoms with E-state index in [0.29, 0.717) is 30.4 Å². The van der Waals surface area contributed by atoms with Crippen molar-refractivity contribution < 1.29 is 14.3 Å². The summed E-state index contributed by atoms with van der Waals surface area (Å²) in [5.41, 5.74) is 3.52. The summed E-state index contributed by atoms with van der Waals surface area (Å²) in [6.45, 7) is 11.2. The molecule has 198 valence electrons. The Morgan fingerprint density at radius 3 is 2.36 bits per heavy atom. The van der Waals surface area contributed by atoms with Crippen LogP contribution in [-0.2, 0) is 4.74 Å². The molecule has 0 atom stereocenters. The molecule has 36 heavy (non-hydrogen) atoms. The predicted octanol–water partition coefficient (Wildman–Crippen LogP) is 6.87. The third-order valence-corrected chi connectivity index (χ3v) is 5.86. The van der Waals surface area contributed by atoms with Gasteiger partial charge in [0, 0.05) is 15.0 Å². The lowest BCUT2D eigenvalue weighted by Crippen LogP contribution is -2.23. The second-order valence-corrected chi connectivity index (χ2v) is 9.22. The van der Waals surface area contributed by atoms with Gasteiger partial charge in [-0.05, 0) is 68.4 Å². The van der Waals surface area contributed by atoms with E-state index in [1.165, 1.54) is 18.3 Å². The zero-order valence-corrected chi connectivity index (χ0v) is 25.1. The van der Waals surface area contributed by atoms with Gasteiger partial charge in [-0.2, -0.15) is 0 Å². The smallest absolute Gasteiger partial charge is 0.414 e. The van der Waals surface area contributed by atoms with Gasteiger partial charge in [0.15, 0.2) is 0 Å². The van der Waals surface area contributed by atoms with Crippen LogP contribution < -0.4 is 15.0 Å². The van der Waals surface area contributed by atoms with Crippen LogP contribution in [0.5, 0.6) is 5.75 Å². The number of amides is 1. The molecular formula is C27H40IN5O3. The van der Waals surface area contributed by atoms with Gasteiger partial charge in [-0.3, -0.25) is 4.90 Å². The molecule has 2 aromatic carbocycles. The van der Waals surface area contributed by atoms with Crippen LogP contribution >= 0.6 is 22.6 Å². The first-order valence-electron chi connectivity index (χ1n) is 12.1. The number of anilines is 3. The van der Waals surface area contributed by atoms with Gasteiger partial charge in [-0.15, -0.1) is 0 Å². The van der Waals surface area contributed by atoms with E-state index in [1.54, 1.807) is 12.0 Å². The summed E-state index contributed by atoms with van der Waals surface area (Å²) >= 11 is 2.31. The van der Waals surface area contributed by atoms with Crippen LogP contribution in [0.3, 0.4) is 0 Å². The number of hydrogen-bond donors (Lipinski definition) is 1. The average Bonchev–Trinajstić information content (AvgIpc) is 3.28. The minimum Gasteiger partial charge on any atom is -0.494 e. The van der Waals surface area contributed by atoms with Crippen LogP contribution in [0, 0.1) is 10.5 Å². The molecular weight excluding hydrogens is 569 g/mol. The van der Waals surface area contributed by atoms with Crippen molar-refractivity contribution in [2.24, 2.45) is 0 Å². The molecule has 9 heteroatoms. The third kappa shape index (κ3) is 8.77. The standard InChI is InChI=1S/C19H17IN4O3.C3H9N.C3H8.C2H6/c1-11-4-3-5-13(17(11)20)23-18-12-8-15(24-6-7-27-19(24)25)16(26-2)9-14(12)21-10-22-18;1-4(2)3;1-3-2;1-2/h3-5,8-10H,6-7H2,1-2H3,(H,21,22,23);1-3H3;3H2,1-2H3;1-2H3. The number of aromatic nitrogens is 2. The summed E-state index contributed by atoms with van der Waals surface area (Å²) in [6.07, 6.45) is 2.38. The van der Waals surface area contributed by atoms with Gasteiger partial charge in [0.1, 0.15) is 24.5 Å². The molecule has 8 nitrogen and oxygen atoms in total. The van der Waals surface area contributed by atoms with Crippen molar-refractivity contribution in [2.75, 3.05) is 51.6 Å². The number of methoxy groups -OCH3 is 1. The Labute approximate surface area is 229 Å². The number of nitrogens with one attached hydrogen (secondary N) is 1. The zero-order chi connectivity index (χ0) is 27.3. The molecule has 0 radical (unpaired) electrons. The Balaban J connectivity index is 0.000000633. The Bertz CT molecular complexity index is 1110. The number of cyclic esters (lactones) is 1. The van der Waals surface area contributed by atoms with Gasteiger partial charge in [-0.1, -0.05) is 46.2 Å². The van der Waals surface area contributed by atoms with E-state index < -0.39 is 0 Å². The maximum atomic E-state index is 12.0. The lowest BCUT2D eigenvalue weighted by molar-refractivity contribution is 0.181. The molecule has 3 aromatic rings. The molecule has 1 aliphatic rings. The average molecular weight is 610 g/mol. The van der Waals surface area contributed by atoms with E-state index in [2.05, 4.69) is 64.7 Å². The molecule has 4 rings (SSSR count). The van der Waals surface area contributed by atoms with E-state index in [0.717, 1.165) is 20.2 Å². The minimum atomic E-state index is -0.382. The van der Waals surface area contributed by atoms with Crippen LogP contribution in [0.15, 0.2) is 36.7 Å². The Morgan fingerprint density at radius 2 is 1.81 bits per heavy atom. The van der Waals surface area contributed by atoms with Crippen molar-refractivity contribution in [3.63, 3.8) is 0 Å². The minimum absolute atomic E-state index is 0.359. The highest BCUT2D eigenvalue weighted by molar-refractivity contribution is 14.1. The first-order chi connectivity index (χ1) is 17.2. The highest BCUT2D eigenvalue weighted by atomic mass is 127. The van der Waals surface area contributed by atoms with E-state index in [-0.39, 0.29) is 6.09 Å². The Kier molecular flexibility index (Phi) is 14.1. The summed E-state index contributed by atoms with van der Waals surface area (Å²) < 4.78 is 11.7. The summed E-state index contributed by atoms with van der Waals surface area (Å²) in [7, 11) is 7.57. The maximum Gasteiger partial charge on any atom is 0.414 e. The van der Waals surface area contributed by atoms with E-state index in [4.69, 9.17) is 9.47 Å². The predicted molar refractivity (Wildman–Crippen MR) is 159 cm³/mol. The third-order valence-electron chi connectivity index (χ3n) is 4.43. The van der Waals surface area contributed by atoms with E-state index >= 15 is 0 Å². The lowest BCUT2D eigenvalue weighted by atomic mass is 10.1. The number of nitrogens with zero attached hydrogens (tertiary/aromatic N) is 4. The normalized spacial score (nSPS) is 12.0. The highest BCUT2D eigenvalue weighted by Crippen LogP contribution is 2.37.